The van der Waals surface area contributed by atoms with Crippen LogP contribution in [0.3, 0.4) is 0 Å². The molecule has 0 aliphatic rings. The molecular weight excluding hydrogens is 224 g/mol. The van der Waals surface area contributed by atoms with Crippen molar-refractivity contribution in [3.63, 3.8) is 0 Å². The van der Waals surface area contributed by atoms with Crippen molar-refractivity contribution in [1.29, 1.82) is 0 Å². The SMILES string of the molecule is CCCC(CN)C(=O)NC(CC)c1ccccc1. The quantitative estimate of drug-likeness (QED) is 0.779. The van der Waals surface area contributed by atoms with Crippen LogP contribution in [0.1, 0.15) is 44.7 Å². The van der Waals surface area contributed by atoms with Gasteiger partial charge in [0.05, 0.1) is 12.0 Å². The molecule has 1 amide bonds. The lowest BCUT2D eigenvalue weighted by atomic mass is 10.00. The van der Waals surface area contributed by atoms with Crippen molar-refractivity contribution >= 4 is 5.91 Å². The Balaban J connectivity index is 2.66. The Morgan fingerprint density at radius 2 is 1.94 bits per heavy atom. The van der Waals surface area contributed by atoms with E-state index in [9.17, 15) is 4.79 Å². The summed E-state index contributed by atoms with van der Waals surface area (Å²) in [4.78, 5) is 12.1. The van der Waals surface area contributed by atoms with Crippen molar-refractivity contribution < 1.29 is 4.79 Å². The van der Waals surface area contributed by atoms with Crippen molar-refractivity contribution in [3.8, 4) is 0 Å². The maximum Gasteiger partial charge on any atom is 0.224 e. The standard InChI is InChI=1S/C15H24N2O/c1-3-8-13(11-16)15(18)17-14(4-2)12-9-6-5-7-10-12/h5-7,9-10,13-14H,3-4,8,11,16H2,1-2H3,(H,17,18). The third kappa shape index (κ3) is 4.15. The number of amides is 1. The van der Waals surface area contributed by atoms with Gasteiger partial charge >= 0.3 is 0 Å². The van der Waals surface area contributed by atoms with Crippen LogP contribution in [-0.2, 0) is 4.79 Å². The Morgan fingerprint density at radius 1 is 1.28 bits per heavy atom. The number of nitrogens with two attached hydrogens (primary N) is 1. The summed E-state index contributed by atoms with van der Waals surface area (Å²) in [6.45, 7) is 4.57. The normalized spacial score (nSPS) is 13.9. The number of benzene rings is 1. The highest BCUT2D eigenvalue weighted by molar-refractivity contribution is 5.79. The molecule has 3 N–H and O–H groups in total. The molecule has 0 bridgehead atoms. The van der Waals surface area contributed by atoms with Crippen LogP contribution < -0.4 is 11.1 Å². The van der Waals surface area contributed by atoms with Crippen LogP contribution in [0.5, 0.6) is 0 Å². The van der Waals surface area contributed by atoms with E-state index < -0.39 is 0 Å². The minimum Gasteiger partial charge on any atom is -0.349 e. The van der Waals surface area contributed by atoms with Gasteiger partial charge in [-0.05, 0) is 18.4 Å². The smallest absolute Gasteiger partial charge is 0.224 e. The molecule has 1 aromatic rings. The third-order valence-corrected chi connectivity index (χ3v) is 3.22. The van der Waals surface area contributed by atoms with Crippen molar-refractivity contribution in [2.75, 3.05) is 6.54 Å². The zero-order chi connectivity index (χ0) is 13.4. The van der Waals surface area contributed by atoms with Crippen molar-refractivity contribution in [3.05, 3.63) is 35.9 Å². The molecule has 2 atom stereocenters. The van der Waals surface area contributed by atoms with Gasteiger partial charge in [-0.2, -0.15) is 0 Å². The molecule has 100 valence electrons. The fraction of sp³-hybridized carbons (Fsp3) is 0.533. The molecule has 0 radical (unpaired) electrons. The molecule has 1 aromatic carbocycles. The van der Waals surface area contributed by atoms with Crippen LogP contribution in [0.4, 0.5) is 0 Å². The molecule has 18 heavy (non-hydrogen) atoms. The highest BCUT2D eigenvalue weighted by atomic mass is 16.1. The van der Waals surface area contributed by atoms with E-state index in [0.717, 1.165) is 24.8 Å². The van der Waals surface area contributed by atoms with Gasteiger partial charge in [-0.25, -0.2) is 0 Å². The summed E-state index contributed by atoms with van der Waals surface area (Å²) < 4.78 is 0. The molecule has 0 saturated heterocycles. The first-order valence-corrected chi connectivity index (χ1v) is 6.78. The van der Waals surface area contributed by atoms with Gasteiger partial charge in [0.15, 0.2) is 0 Å². The van der Waals surface area contributed by atoms with Gasteiger partial charge in [0.2, 0.25) is 5.91 Å². The highest BCUT2D eigenvalue weighted by Crippen LogP contribution is 2.17. The number of carbonyl (C=O) groups is 1. The van der Waals surface area contributed by atoms with Gasteiger partial charge in [-0.3, -0.25) is 4.79 Å². The molecular formula is C15H24N2O. The monoisotopic (exact) mass is 248 g/mol. The first-order chi connectivity index (χ1) is 8.72. The van der Waals surface area contributed by atoms with E-state index in [0.29, 0.717) is 6.54 Å². The largest absolute Gasteiger partial charge is 0.349 e. The molecule has 2 unspecified atom stereocenters. The molecule has 0 aliphatic carbocycles. The molecule has 0 heterocycles. The molecule has 0 spiro atoms. The summed E-state index contributed by atoms with van der Waals surface area (Å²) in [6, 6.07) is 10.2. The van der Waals surface area contributed by atoms with Gasteiger partial charge in [0, 0.05) is 6.54 Å². The van der Waals surface area contributed by atoms with E-state index in [4.69, 9.17) is 5.73 Å². The van der Waals surface area contributed by atoms with Gasteiger partial charge in [-0.1, -0.05) is 50.6 Å². The number of carbonyl (C=O) groups excluding carboxylic acids is 1. The zero-order valence-electron chi connectivity index (χ0n) is 11.4. The third-order valence-electron chi connectivity index (χ3n) is 3.22. The van der Waals surface area contributed by atoms with E-state index >= 15 is 0 Å². The Bertz CT molecular complexity index is 351. The number of hydrogen-bond acceptors (Lipinski definition) is 2. The van der Waals surface area contributed by atoms with Crippen LogP contribution in [0.15, 0.2) is 30.3 Å². The lowest BCUT2D eigenvalue weighted by Gasteiger charge is -2.21. The topological polar surface area (TPSA) is 55.1 Å². The van der Waals surface area contributed by atoms with Gasteiger partial charge in [0.1, 0.15) is 0 Å². The zero-order valence-corrected chi connectivity index (χ0v) is 11.4. The molecule has 1 rings (SSSR count). The lowest BCUT2D eigenvalue weighted by Crippen LogP contribution is -2.37. The van der Waals surface area contributed by atoms with Crippen LogP contribution in [-0.4, -0.2) is 12.5 Å². The van der Waals surface area contributed by atoms with Crippen LogP contribution in [0.2, 0.25) is 0 Å². The Hall–Kier alpha value is -1.35. The molecule has 0 aromatic heterocycles. The van der Waals surface area contributed by atoms with E-state index in [1.54, 1.807) is 0 Å². The average Bonchev–Trinajstić information content (AvgIpc) is 2.42. The molecule has 0 aliphatic heterocycles. The van der Waals surface area contributed by atoms with Crippen molar-refractivity contribution in [1.82, 2.24) is 5.32 Å². The summed E-state index contributed by atoms with van der Waals surface area (Å²) >= 11 is 0. The highest BCUT2D eigenvalue weighted by Gasteiger charge is 2.19. The average molecular weight is 248 g/mol. The van der Waals surface area contributed by atoms with E-state index in [1.807, 2.05) is 30.3 Å². The van der Waals surface area contributed by atoms with Gasteiger partial charge in [0.25, 0.3) is 0 Å². The summed E-state index contributed by atoms with van der Waals surface area (Å²) in [5.41, 5.74) is 6.81. The number of hydrogen-bond donors (Lipinski definition) is 2. The number of rotatable bonds is 7. The predicted octanol–water partition coefficient (Wildman–Crippen LogP) is 2.63. The molecule has 3 heteroatoms. The Kier molecular flexibility index (Phi) is 6.44. The fourth-order valence-corrected chi connectivity index (χ4v) is 2.10. The van der Waals surface area contributed by atoms with E-state index in [1.165, 1.54) is 0 Å². The Morgan fingerprint density at radius 3 is 2.44 bits per heavy atom. The van der Waals surface area contributed by atoms with Gasteiger partial charge < -0.3 is 11.1 Å². The second-order valence-electron chi connectivity index (χ2n) is 4.60. The minimum atomic E-state index is -0.0623. The summed E-state index contributed by atoms with van der Waals surface area (Å²) in [5, 5.41) is 3.10. The summed E-state index contributed by atoms with van der Waals surface area (Å²) in [6.07, 6.45) is 2.73. The molecule has 0 saturated carbocycles. The van der Waals surface area contributed by atoms with E-state index in [2.05, 4.69) is 19.2 Å². The first-order valence-electron chi connectivity index (χ1n) is 6.78. The maximum absolute atomic E-state index is 12.1. The van der Waals surface area contributed by atoms with Crippen molar-refractivity contribution in [2.45, 2.75) is 39.2 Å². The second-order valence-corrected chi connectivity index (χ2v) is 4.60. The number of nitrogens with one attached hydrogen (secondary N) is 1. The predicted molar refractivity (Wildman–Crippen MR) is 75.1 cm³/mol. The second kappa shape index (κ2) is 7.88. The fourth-order valence-electron chi connectivity index (χ4n) is 2.10. The van der Waals surface area contributed by atoms with Crippen LogP contribution in [0.25, 0.3) is 0 Å². The summed E-state index contributed by atoms with van der Waals surface area (Å²) in [5.74, 6) is 0.0165. The van der Waals surface area contributed by atoms with Gasteiger partial charge in [-0.15, -0.1) is 0 Å². The van der Waals surface area contributed by atoms with E-state index in [-0.39, 0.29) is 17.9 Å². The van der Waals surface area contributed by atoms with Crippen LogP contribution in [0, 0.1) is 5.92 Å². The molecule has 3 nitrogen and oxygen atoms in total. The lowest BCUT2D eigenvalue weighted by molar-refractivity contribution is -0.125. The maximum atomic E-state index is 12.1. The van der Waals surface area contributed by atoms with Crippen molar-refractivity contribution in [2.24, 2.45) is 11.7 Å². The van der Waals surface area contributed by atoms with Crippen LogP contribution >= 0.6 is 0 Å². The molecule has 0 fully saturated rings. The minimum absolute atomic E-state index is 0.0623. The Labute approximate surface area is 110 Å². The first kappa shape index (κ1) is 14.7. The summed E-state index contributed by atoms with van der Waals surface area (Å²) in [7, 11) is 0.